The van der Waals surface area contributed by atoms with Crippen molar-refractivity contribution in [2.75, 3.05) is 18.5 Å². The number of rotatable bonds is 5. The topological polar surface area (TPSA) is 84.5 Å². The maximum absolute atomic E-state index is 12.1. The monoisotopic (exact) mass is 338 g/mol. The van der Waals surface area contributed by atoms with Crippen LogP contribution in [0.4, 0.5) is 5.69 Å². The van der Waals surface area contributed by atoms with Crippen LogP contribution in [0.15, 0.2) is 42.5 Å². The summed E-state index contributed by atoms with van der Waals surface area (Å²) in [4.78, 5) is 35.1. The molecule has 0 atom stereocenters. The number of anilines is 1. The van der Waals surface area contributed by atoms with Crippen molar-refractivity contribution in [3.63, 3.8) is 0 Å². The summed E-state index contributed by atoms with van der Waals surface area (Å²) < 4.78 is 5.60. The molecule has 1 aliphatic heterocycles. The molecule has 0 aromatic heterocycles. The lowest BCUT2D eigenvalue weighted by Crippen LogP contribution is -2.32. The van der Waals surface area contributed by atoms with E-state index in [1.165, 1.54) is 6.92 Å². The van der Waals surface area contributed by atoms with Gasteiger partial charge in [-0.05, 0) is 49.7 Å². The zero-order chi connectivity index (χ0) is 17.8. The third-order valence-electron chi connectivity index (χ3n) is 3.97. The molecule has 0 unspecified atom stereocenters. The van der Waals surface area contributed by atoms with E-state index in [0.29, 0.717) is 35.5 Å². The molecule has 0 saturated carbocycles. The highest BCUT2D eigenvalue weighted by molar-refractivity contribution is 5.98. The van der Waals surface area contributed by atoms with Crippen LogP contribution >= 0.6 is 0 Å². The molecule has 0 aliphatic carbocycles. The molecule has 0 saturated heterocycles. The van der Waals surface area contributed by atoms with E-state index >= 15 is 0 Å². The van der Waals surface area contributed by atoms with E-state index in [1.54, 1.807) is 42.5 Å². The maximum atomic E-state index is 12.1. The van der Waals surface area contributed by atoms with E-state index in [2.05, 4.69) is 10.6 Å². The Kier molecular flexibility index (Phi) is 4.79. The highest BCUT2D eigenvalue weighted by Crippen LogP contribution is 2.25. The van der Waals surface area contributed by atoms with E-state index < -0.39 is 0 Å². The second-order valence-corrected chi connectivity index (χ2v) is 5.76. The van der Waals surface area contributed by atoms with Crippen LogP contribution in [-0.2, 0) is 11.2 Å². The molecule has 2 N–H and O–H groups in total. The number of amides is 2. The van der Waals surface area contributed by atoms with Crippen molar-refractivity contribution < 1.29 is 19.1 Å². The van der Waals surface area contributed by atoms with Crippen LogP contribution in [0.5, 0.6) is 5.75 Å². The first-order chi connectivity index (χ1) is 12.0. The van der Waals surface area contributed by atoms with Gasteiger partial charge in [0.15, 0.2) is 12.4 Å². The Hall–Kier alpha value is -3.15. The molecule has 0 spiro atoms. The minimum Gasteiger partial charge on any atom is -0.483 e. The van der Waals surface area contributed by atoms with Crippen LogP contribution in [0.2, 0.25) is 0 Å². The van der Waals surface area contributed by atoms with Gasteiger partial charge in [0.1, 0.15) is 5.75 Å². The van der Waals surface area contributed by atoms with Gasteiger partial charge in [-0.2, -0.15) is 0 Å². The number of benzene rings is 2. The second-order valence-electron chi connectivity index (χ2n) is 5.76. The first-order valence-corrected chi connectivity index (χ1v) is 7.98. The van der Waals surface area contributed by atoms with Crippen molar-refractivity contribution in [2.24, 2.45) is 0 Å². The number of ketones is 1. The van der Waals surface area contributed by atoms with Crippen molar-refractivity contribution in [3.05, 3.63) is 59.2 Å². The largest absolute Gasteiger partial charge is 0.483 e. The molecule has 2 aromatic carbocycles. The maximum Gasteiger partial charge on any atom is 0.262 e. The molecule has 0 radical (unpaired) electrons. The van der Waals surface area contributed by atoms with Gasteiger partial charge in [0.2, 0.25) is 0 Å². The summed E-state index contributed by atoms with van der Waals surface area (Å²) in [6.07, 6.45) is 0.672. The fourth-order valence-electron chi connectivity index (χ4n) is 2.70. The van der Waals surface area contributed by atoms with E-state index in [0.717, 1.165) is 5.56 Å². The van der Waals surface area contributed by atoms with Crippen molar-refractivity contribution in [1.82, 2.24) is 5.32 Å². The van der Waals surface area contributed by atoms with E-state index in [1.807, 2.05) is 0 Å². The van der Waals surface area contributed by atoms with Crippen LogP contribution in [-0.4, -0.2) is 30.7 Å². The first-order valence-electron chi connectivity index (χ1n) is 7.98. The molecule has 25 heavy (non-hydrogen) atoms. The van der Waals surface area contributed by atoms with Gasteiger partial charge in [-0.15, -0.1) is 0 Å². The fourth-order valence-corrected chi connectivity index (χ4v) is 2.70. The summed E-state index contributed by atoms with van der Waals surface area (Å²) in [5, 5.41) is 5.49. The minimum absolute atomic E-state index is 0.0286. The third kappa shape index (κ3) is 3.85. The van der Waals surface area contributed by atoms with E-state index in [9.17, 15) is 14.4 Å². The zero-order valence-corrected chi connectivity index (χ0v) is 13.8. The predicted molar refractivity (Wildman–Crippen MR) is 93.1 cm³/mol. The Morgan fingerprint density at radius 2 is 1.92 bits per heavy atom. The van der Waals surface area contributed by atoms with Gasteiger partial charge in [0.05, 0.1) is 0 Å². The molecule has 1 aliphatic rings. The van der Waals surface area contributed by atoms with Gasteiger partial charge < -0.3 is 15.4 Å². The standard InChI is InChI=1S/C19H18N2O4/c1-12(22)13-5-7-14(8-6-13)21-18(23)11-25-17-4-2-3-16-15(17)9-10-20-19(16)24/h2-8H,9-11H2,1H3,(H,20,24)(H,21,23). The van der Waals surface area contributed by atoms with Gasteiger partial charge in [-0.1, -0.05) is 6.07 Å². The summed E-state index contributed by atoms with van der Waals surface area (Å²) in [7, 11) is 0. The Morgan fingerprint density at radius 3 is 2.64 bits per heavy atom. The Bertz CT molecular complexity index is 828. The number of ether oxygens (including phenoxy) is 1. The molecule has 128 valence electrons. The van der Waals surface area contributed by atoms with E-state index in [4.69, 9.17) is 4.74 Å². The Labute approximate surface area is 145 Å². The number of nitrogens with one attached hydrogen (secondary N) is 2. The molecule has 6 nitrogen and oxygen atoms in total. The SMILES string of the molecule is CC(=O)c1ccc(NC(=O)COc2cccc3c2CCNC3=O)cc1. The van der Waals surface area contributed by atoms with Crippen molar-refractivity contribution >= 4 is 23.3 Å². The third-order valence-corrected chi connectivity index (χ3v) is 3.97. The molecule has 0 bridgehead atoms. The van der Waals surface area contributed by atoms with Gasteiger partial charge in [0, 0.05) is 28.9 Å². The molecular formula is C19H18N2O4. The summed E-state index contributed by atoms with van der Waals surface area (Å²) in [5.41, 5.74) is 2.59. The van der Waals surface area contributed by atoms with Crippen LogP contribution < -0.4 is 15.4 Å². The summed E-state index contributed by atoms with van der Waals surface area (Å²) in [6.45, 7) is 1.88. The summed E-state index contributed by atoms with van der Waals surface area (Å²) in [6, 6.07) is 11.9. The van der Waals surface area contributed by atoms with Crippen molar-refractivity contribution in [3.8, 4) is 5.75 Å². The fraction of sp³-hybridized carbons (Fsp3) is 0.211. The number of carbonyl (C=O) groups excluding carboxylic acids is 3. The average Bonchev–Trinajstić information content (AvgIpc) is 2.61. The van der Waals surface area contributed by atoms with Crippen LogP contribution in [0.3, 0.4) is 0 Å². The zero-order valence-electron chi connectivity index (χ0n) is 13.8. The van der Waals surface area contributed by atoms with Gasteiger partial charge in [-0.3, -0.25) is 14.4 Å². The highest BCUT2D eigenvalue weighted by Gasteiger charge is 2.20. The Balaban J connectivity index is 1.62. The number of fused-ring (bicyclic) bond motifs is 1. The highest BCUT2D eigenvalue weighted by atomic mass is 16.5. The first kappa shape index (κ1) is 16.7. The molecule has 2 aromatic rings. The quantitative estimate of drug-likeness (QED) is 0.819. The minimum atomic E-state index is -0.312. The number of Topliss-reactive ketones (excluding diaryl/α,β-unsaturated/α-hetero) is 1. The number of hydrogen-bond donors (Lipinski definition) is 2. The lowest BCUT2D eigenvalue weighted by Gasteiger charge is -2.19. The van der Waals surface area contributed by atoms with Crippen LogP contribution in [0, 0.1) is 0 Å². The summed E-state index contributed by atoms with van der Waals surface area (Å²) in [5.74, 6) is 0.0867. The van der Waals surface area contributed by atoms with Crippen molar-refractivity contribution in [2.45, 2.75) is 13.3 Å². The van der Waals surface area contributed by atoms with Crippen molar-refractivity contribution in [1.29, 1.82) is 0 Å². The van der Waals surface area contributed by atoms with Gasteiger partial charge in [-0.25, -0.2) is 0 Å². The molecule has 6 heteroatoms. The molecular weight excluding hydrogens is 320 g/mol. The Morgan fingerprint density at radius 1 is 1.16 bits per heavy atom. The lowest BCUT2D eigenvalue weighted by molar-refractivity contribution is -0.118. The smallest absolute Gasteiger partial charge is 0.262 e. The summed E-state index contributed by atoms with van der Waals surface area (Å²) >= 11 is 0. The average molecular weight is 338 g/mol. The van der Waals surface area contributed by atoms with E-state index in [-0.39, 0.29) is 24.2 Å². The number of hydrogen-bond acceptors (Lipinski definition) is 4. The van der Waals surface area contributed by atoms with Crippen LogP contribution in [0.1, 0.15) is 33.2 Å². The second kappa shape index (κ2) is 7.17. The molecule has 1 heterocycles. The van der Waals surface area contributed by atoms with Gasteiger partial charge in [0.25, 0.3) is 11.8 Å². The normalized spacial score (nSPS) is 12.8. The van der Waals surface area contributed by atoms with Gasteiger partial charge >= 0.3 is 0 Å². The predicted octanol–water partition coefficient (Wildman–Crippen LogP) is 2.19. The molecule has 3 rings (SSSR count). The lowest BCUT2D eigenvalue weighted by atomic mass is 9.99. The number of carbonyl (C=O) groups is 3. The molecule has 2 amide bonds. The van der Waals surface area contributed by atoms with Crippen LogP contribution in [0.25, 0.3) is 0 Å². The molecule has 0 fully saturated rings.